The molecule has 0 bridgehead atoms. The molecule has 0 radical (unpaired) electrons. The van der Waals surface area contributed by atoms with Crippen LogP contribution in [0.5, 0.6) is 0 Å². The minimum absolute atomic E-state index is 0.322. The third kappa shape index (κ3) is 16.3. The van der Waals surface area contributed by atoms with Crippen LogP contribution in [0.25, 0.3) is 0 Å². The van der Waals surface area contributed by atoms with Gasteiger partial charge in [-0.1, -0.05) is 67.7 Å². The molecule has 128 valence electrons. The summed E-state index contributed by atoms with van der Waals surface area (Å²) < 4.78 is 0. The largest absolute Gasteiger partial charge is 0.479 e. The first kappa shape index (κ1) is 21.1. The van der Waals surface area contributed by atoms with Gasteiger partial charge >= 0.3 is 5.97 Å². The van der Waals surface area contributed by atoms with Crippen molar-refractivity contribution in [3.63, 3.8) is 0 Å². The van der Waals surface area contributed by atoms with Gasteiger partial charge in [0.05, 0.1) is 0 Å². The number of aliphatic carboxylic acids is 1. The molecule has 0 amide bonds. The summed E-state index contributed by atoms with van der Waals surface area (Å²) in [5.41, 5.74) is 0. The van der Waals surface area contributed by atoms with Gasteiger partial charge in [-0.15, -0.1) is 0 Å². The third-order valence-electron chi connectivity index (χ3n) is 3.11. The lowest BCUT2D eigenvalue weighted by atomic mass is 10.1. The molecule has 0 fully saturated rings. The quantitative estimate of drug-likeness (QED) is 0.286. The topological polar surface area (TPSA) is 57.5 Å². The number of allylic oxidation sites excluding steroid dienone is 10. The molecule has 0 aliphatic carbocycles. The summed E-state index contributed by atoms with van der Waals surface area (Å²) in [5.74, 6) is -1.14. The second-order valence-electron chi connectivity index (χ2n) is 5.22. The molecule has 0 aliphatic rings. The van der Waals surface area contributed by atoms with E-state index in [0.717, 1.165) is 38.5 Å². The van der Waals surface area contributed by atoms with Gasteiger partial charge in [-0.05, 0) is 44.9 Å². The maximum absolute atomic E-state index is 10.4. The predicted octanol–water partition coefficient (Wildman–Crippen LogP) is 4.96. The molecule has 0 aromatic rings. The van der Waals surface area contributed by atoms with Gasteiger partial charge in [0.2, 0.25) is 0 Å². The van der Waals surface area contributed by atoms with Crippen molar-refractivity contribution in [3.8, 4) is 0 Å². The smallest absolute Gasteiger partial charge is 0.332 e. The lowest BCUT2D eigenvalue weighted by Gasteiger charge is -2.02. The lowest BCUT2D eigenvalue weighted by molar-refractivity contribution is -0.146. The number of hydrogen-bond donors (Lipinski definition) is 2. The summed E-state index contributed by atoms with van der Waals surface area (Å²) in [4.78, 5) is 10.4. The molecule has 1 atom stereocenters. The summed E-state index contributed by atoms with van der Waals surface area (Å²) in [5, 5.41) is 17.6. The Morgan fingerprint density at radius 1 is 0.826 bits per heavy atom. The molecular weight excluding hydrogens is 288 g/mol. The highest BCUT2D eigenvalue weighted by Crippen LogP contribution is 2.04. The highest BCUT2D eigenvalue weighted by Gasteiger charge is 2.11. The fourth-order valence-electron chi connectivity index (χ4n) is 1.81. The van der Waals surface area contributed by atoms with Gasteiger partial charge in [0.1, 0.15) is 0 Å². The second-order valence-corrected chi connectivity index (χ2v) is 5.22. The molecule has 3 heteroatoms. The summed E-state index contributed by atoms with van der Waals surface area (Å²) in [7, 11) is 0. The molecule has 2 N–H and O–H groups in total. The zero-order valence-corrected chi connectivity index (χ0v) is 14.1. The Hall–Kier alpha value is -1.87. The van der Waals surface area contributed by atoms with Crippen molar-refractivity contribution >= 4 is 5.97 Å². The van der Waals surface area contributed by atoms with Crippen molar-refractivity contribution in [2.75, 3.05) is 0 Å². The van der Waals surface area contributed by atoms with Crippen LogP contribution in [0.4, 0.5) is 0 Å². The highest BCUT2D eigenvalue weighted by atomic mass is 16.4. The van der Waals surface area contributed by atoms with Crippen LogP contribution in [0.1, 0.15) is 51.9 Å². The number of unbranched alkanes of at least 4 members (excludes halogenated alkanes) is 3. The van der Waals surface area contributed by atoms with Crippen LogP contribution in [-0.2, 0) is 4.79 Å². The minimum Gasteiger partial charge on any atom is -0.479 e. The van der Waals surface area contributed by atoms with Gasteiger partial charge < -0.3 is 10.2 Å². The molecule has 0 saturated carbocycles. The fraction of sp³-hybridized carbons (Fsp3) is 0.450. The van der Waals surface area contributed by atoms with Gasteiger partial charge in [-0.2, -0.15) is 0 Å². The average molecular weight is 318 g/mol. The first-order valence-electron chi connectivity index (χ1n) is 8.39. The van der Waals surface area contributed by atoms with E-state index < -0.39 is 12.1 Å². The van der Waals surface area contributed by atoms with Crippen LogP contribution in [0.15, 0.2) is 60.8 Å². The molecule has 0 heterocycles. The maximum Gasteiger partial charge on any atom is 0.332 e. The normalized spacial score (nSPS) is 14.2. The number of carboxylic acids is 1. The number of aliphatic hydroxyl groups is 1. The van der Waals surface area contributed by atoms with E-state index >= 15 is 0 Å². The van der Waals surface area contributed by atoms with Gasteiger partial charge in [-0.25, -0.2) is 4.79 Å². The monoisotopic (exact) mass is 318 g/mol. The van der Waals surface area contributed by atoms with Gasteiger partial charge in [-0.3, -0.25) is 0 Å². The highest BCUT2D eigenvalue weighted by molar-refractivity contribution is 5.71. The van der Waals surface area contributed by atoms with Crippen molar-refractivity contribution in [1.82, 2.24) is 0 Å². The molecule has 23 heavy (non-hydrogen) atoms. The first-order chi connectivity index (χ1) is 11.2. The van der Waals surface area contributed by atoms with Crippen LogP contribution < -0.4 is 0 Å². The zero-order valence-electron chi connectivity index (χ0n) is 14.1. The minimum atomic E-state index is -1.22. The number of carboxylic acid groups (broad SMARTS) is 1. The first-order valence-corrected chi connectivity index (χ1v) is 8.39. The SMILES string of the molecule is CCC=CCCC=CC=CC=CC=CCCCCC(O)C(=O)O. The molecule has 3 nitrogen and oxygen atoms in total. The van der Waals surface area contributed by atoms with E-state index in [1.165, 1.54) is 0 Å². The van der Waals surface area contributed by atoms with Crippen molar-refractivity contribution < 1.29 is 15.0 Å². The Labute approximate surface area is 140 Å². The van der Waals surface area contributed by atoms with Crippen molar-refractivity contribution in [2.24, 2.45) is 0 Å². The van der Waals surface area contributed by atoms with E-state index in [0.29, 0.717) is 6.42 Å². The summed E-state index contributed by atoms with van der Waals surface area (Å²) >= 11 is 0. The molecular formula is C20H30O3. The Morgan fingerprint density at radius 3 is 2.00 bits per heavy atom. The number of aliphatic hydroxyl groups excluding tert-OH is 1. The Bertz CT molecular complexity index is 428. The molecule has 0 rings (SSSR count). The van der Waals surface area contributed by atoms with E-state index in [1.54, 1.807) is 0 Å². The van der Waals surface area contributed by atoms with Crippen molar-refractivity contribution in [3.05, 3.63) is 60.8 Å². The van der Waals surface area contributed by atoms with Crippen molar-refractivity contribution in [2.45, 2.75) is 58.0 Å². The molecule has 0 saturated heterocycles. The molecule has 0 spiro atoms. The molecule has 0 aromatic heterocycles. The van der Waals surface area contributed by atoms with Crippen LogP contribution in [-0.4, -0.2) is 22.3 Å². The van der Waals surface area contributed by atoms with E-state index in [4.69, 9.17) is 10.2 Å². The summed E-state index contributed by atoms with van der Waals surface area (Å²) in [6.45, 7) is 2.14. The number of carbonyl (C=O) groups is 1. The average Bonchev–Trinajstić information content (AvgIpc) is 2.54. The predicted molar refractivity (Wildman–Crippen MR) is 97.3 cm³/mol. The van der Waals surface area contributed by atoms with Gasteiger partial charge in [0, 0.05) is 0 Å². The lowest BCUT2D eigenvalue weighted by Crippen LogP contribution is -2.18. The van der Waals surface area contributed by atoms with E-state index in [9.17, 15) is 4.79 Å². The maximum atomic E-state index is 10.4. The standard InChI is InChI=1S/C20H30O3/c1-2-3-4-5-6-7-8-9-10-11-12-13-14-15-16-17-18-19(21)20(22)23/h3-4,7-14,19,21H,2,5-6,15-18H2,1H3,(H,22,23). The Morgan fingerprint density at radius 2 is 1.39 bits per heavy atom. The van der Waals surface area contributed by atoms with Crippen LogP contribution in [0.3, 0.4) is 0 Å². The Kier molecular flexibility index (Phi) is 15.2. The van der Waals surface area contributed by atoms with Crippen LogP contribution in [0, 0.1) is 0 Å². The summed E-state index contributed by atoms with van der Waals surface area (Å²) in [6.07, 6.45) is 25.5. The zero-order chi connectivity index (χ0) is 17.2. The second kappa shape index (κ2) is 16.5. The van der Waals surface area contributed by atoms with E-state index in [2.05, 4.69) is 31.2 Å². The molecule has 1 unspecified atom stereocenters. The van der Waals surface area contributed by atoms with E-state index in [1.807, 2.05) is 36.5 Å². The third-order valence-corrected chi connectivity index (χ3v) is 3.11. The van der Waals surface area contributed by atoms with Gasteiger partial charge in [0.15, 0.2) is 6.10 Å². The van der Waals surface area contributed by atoms with E-state index in [-0.39, 0.29) is 0 Å². The Balaban J connectivity index is 3.58. The number of hydrogen-bond acceptors (Lipinski definition) is 2. The fourth-order valence-corrected chi connectivity index (χ4v) is 1.81. The van der Waals surface area contributed by atoms with Crippen LogP contribution >= 0.6 is 0 Å². The summed E-state index contributed by atoms with van der Waals surface area (Å²) in [6, 6.07) is 0. The van der Waals surface area contributed by atoms with Gasteiger partial charge in [0.25, 0.3) is 0 Å². The number of rotatable bonds is 13. The molecule has 0 aliphatic heterocycles. The molecule has 0 aromatic carbocycles. The van der Waals surface area contributed by atoms with Crippen molar-refractivity contribution in [1.29, 1.82) is 0 Å². The van der Waals surface area contributed by atoms with Crippen LogP contribution in [0.2, 0.25) is 0 Å².